The van der Waals surface area contributed by atoms with Crippen molar-refractivity contribution >= 4 is 33.7 Å². The standard InChI is InChI=1S/C41H41N3O8S2/c1-27-9-19-34(20-10-27)54(49,50)44-36(22-28-6-3-2-4-7-28)38(46)43-24-29-11-17-32(18-12-29)41-51-33(26-53-39-35(40(47)48)8-5-21-42-39)23-37(52-41)31-15-13-30(25-45)14-16-31/h2-21,33,36-37,41,44-45H,22-26H2,1H3,(H,43,46)(H,47,48). The molecule has 6 rings (SSSR count). The first-order valence-electron chi connectivity index (χ1n) is 17.4. The molecule has 54 heavy (non-hydrogen) atoms. The van der Waals surface area contributed by atoms with Crippen molar-refractivity contribution in [3.05, 3.63) is 160 Å². The molecule has 0 bridgehead atoms. The SMILES string of the molecule is Cc1ccc(S(=O)(=O)NC(Cc2ccccc2)C(=O)NCc2ccc(C3OC(CSc4ncccc4C(=O)O)CC(c4ccc(CO)cc4)O3)cc2)cc1. The summed E-state index contributed by atoms with van der Waals surface area (Å²) in [5.74, 6) is -1.08. The third-order valence-electron chi connectivity index (χ3n) is 8.97. The van der Waals surface area contributed by atoms with Crippen LogP contribution in [-0.4, -0.2) is 53.4 Å². The molecule has 0 saturated carbocycles. The lowest BCUT2D eigenvalue weighted by molar-refractivity contribution is -0.245. The number of aliphatic hydroxyl groups is 1. The molecule has 4 aromatic carbocycles. The maximum atomic E-state index is 13.5. The molecule has 0 aliphatic carbocycles. The Kier molecular flexibility index (Phi) is 12.9. The lowest BCUT2D eigenvalue weighted by Crippen LogP contribution is -2.47. The zero-order chi connectivity index (χ0) is 38.1. The molecule has 4 N–H and O–H groups in total. The van der Waals surface area contributed by atoms with Crippen LogP contribution >= 0.6 is 11.8 Å². The van der Waals surface area contributed by atoms with Crippen molar-refractivity contribution in [3.63, 3.8) is 0 Å². The average Bonchev–Trinajstić information content (AvgIpc) is 3.19. The quantitative estimate of drug-likeness (QED) is 0.0913. The molecule has 1 aliphatic heterocycles. The number of carbonyl (C=O) groups is 2. The number of ether oxygens (including phenoxy) is 2. The first-order valence-corrected chi connectivity index (χ1v) is 19.9. The van der Waals surface area contributed by atoms with Crippen molar-refractivity contribution in [1.82, 2.24) is 15.0 Å². The van der Waals surface area contributed by atoms with Gasteiger partial charge in [0.25, 0.3) is 0 Å². The number of aromatic carboxylic acids is 1. The second-order valence-electron chi connectivity index (χ2n) is 13.0. The minimum absolute atomic E-state index is 0.0731. The van der Waals surface area contributed by atoms with Gasteiger partial charge in [-0.1, -0.05) is 96.6 Å². The van der Waals surface area contributed by atoms with E-state index in [0.29, 0.717) is 17.2 Å². The number of hydrogen-bond acceptors (Lipinski definition) is 9. The number of hydrogen-bond donors (Lipinski definition) is 4. The van der Waals surface area contributed by atoms with Crippen molar-refractivity contribution in [2.24, 2.45) is 0 Å². The number of amides is 1. The molecule has 1 saturated heterocycles. The monoisotopic (exact) mass is 767 g/mol. The van der Waals surface area contributed by atoms with Crippen LogP contribution in [-0.2, 0) is 43.9 Å². The van der Waals surface area contributed by atoms with Gasteiger partial charge in [-0.15, -0.1) is 11.8 Å². The van der Waals surface area contributed by atoms with E-state index in [-0.39, 0.29) is 42.2 Å². The number of nitrogens with zero attached hydrogens (tertiary/aromatic N) is 1. The number of aliphatic hydroxyl groups excluding tert-OH is 1. The van der Waals surface area contributed by atoms with Gasteiger partial charge in [-0.05, 0) is 59.9 Å². The molecule has 1 aliphatic rings. The van der Waals surface area contributed by atoms with E-state index >= 15 is 0 Å². The number of aryl methyl sites for hydroxylation is 1. The van der Waals surface area contributed by atoms with E-state index in [2.05, 4.69) is 15.0 Å². The number of pyridine rings is 1. The smallest absolute Gasteiger partial charge is 0.338 e. The maximum absolute atomic E-state index is 13.5. The van der Waals surface area contributed by atoms with Gasteiger partial charge in [0.15, 0.2) is 6.29 Å². The van der Waals surface area contributed by atoms with Crippen molar-refractivity contribution in [2.75, 3.05) is 5.75 Å². The fraction of sp³-hybridized carbons (Fsp3) is 0.244. The number of sulfonamides is 1. The third-order valence-corrected chi connectivity index (χ3v) is 11.6. The molecule has 1 fully saturated rings. The lowest BCUT2D eigenvalue weighted by Gasteiger charge is -2.36. The molecule has 4 atom stereocenters. The number of carboxylic acid groups (broad SMARTS) is 1. The van der Waals surface area contributed by atoms with Crippen LogP contribution in [0.2, 0.25) is 0 Å². The first-order chi connectivity index (χ1) is 26.1. The maximum Gasteiger partial charge on any atom is 0.338 e. The van der Waals surface area contributed by atoms with Gasteiger partial charge in [-0.2, -0.15) is 4.72 Å². The Morgan fingerprint density at radius 2 is 1.54 bits per heavy atom. The molecule has 13 heteroatoms. The molecule has 1 aromatic heterocycles. The summed E-state index contributed by atoms with van der Waals surface area (Å²) in [6.07, 6.45) is 0.835. The minimum Gasteiger partial charge on any atom is -0.478 e. The van der Waals surface area contributed by atoms with E-state index in [9.17, 15) is 28.2 Å². The van der Waals surface area contributed by atoms with Crippen molar-refractivity contribution in [2.45, 2.75) is 67.4 Å². The topological polar surface area (TPSA) is 164 Å². The Bertz CT molecular complexity index is 2130. The largest absolute Gasteiger partial charge is 0.478 e. The predicted molar refractivity (Wildman–Crippen MR) is 204 cm³/mol. The number of carboxylic acids is 1. The van der Waals surface area contributed by atoms with Gasteiger partial charge in [0, 0.05) is 30.5 Å². The van der Waals surface area contributed by atoms with Crippen LogP contribution in [0.15, 0.2) is 131 Å². The highest BCUT2D eigenvalue weighted by molar-refractivity contribution is 7.99. The van der Waals surface area contributed by atoms with E-state index in [1.807, 2.05) is 85.8 Å². The molecule has 4 unspecified atom stereocenters. The van der Waals surface area contributed by atoms with Gasteiger partial charge in [0.2, 0.25) is 15.9 Å². The summed E-state index contributed by atoms with van der Waals surface area (Å²) < 4.78 is 42.0. The number of benzene rings is 4. The fourth-order valence-corrected chi connectivity index (χ4v) is 8.18. The van der Waals surface area contributed by atoms with Gasteiger partial charge in [0.05, 0.1) is 29.3 Å². The summed E-state index contributed by atoms with van der Waals surface area (Å²) in [4.78, 5) is 29.6. The van der Waals surface area contributed by atoms with E-state index in [1.54, 1.807) is 24.4 Å². The Hall–Kier alpha value is -4.89. The summed E-state index contributed by atoms with van der Waals surface area (Å²) in [5, 5.41) is 22.5. The average molecular weight is 768 g/mol. The third kappa shape index (κ3) is 10.2. The number of nitrogens with one attached hydrogen (secondary N) is 2. The molecule has 0 radical (unpaired) electrons. The Balaban J connectivity index is 1.15. The molecule has 280 valence electrons. The van der Waals surface area contributed by atoms with Crippen LogP contribution in [0.1, 0.15) is 62.6 Å². The Morgan fingerprint density at radius 3 is 2.22 bits per heavy atom. The lowest BCUT2D eigenvalue weighted by atomic mass is 10.0. The highest BCUT2D eigenvalue weighted by atomic mass is 32.2. The Labute approximate surface area is 318 Å². The van der Waals surface area contributed by atoms with Crippen molar-refractivity contribution in [3.8, 4) is 0 Å². The first kappa shape index (κ1) is 38.8. The van der Waals surface area contributed by atoms with Gasteiger partial charge in [-0.3, -0.25) is 4.79 Å². The summed E-state index contributed by atoms with van der Waals surface area (Å²) in [6, 6.07) is 32.7. The van der Waals surface area contributed by atoms with Crippen LogP contribution in [0.5, 0.6) is 0 Å². The van der Waals surface area contributed by atoms with E-state index in [0.717, 1.165) is 33.4 Å². The number of thioether (sulfide) groups is 1. The van der Waals surface area contributed by atoms with E-state index in [4.69, 9.17) is 9.47 Å². The van der Waals surface area contributed by atoms with Crippen molar-refractivity contribution in [1.29, 1.82) is 0 Å². The van der Waals surface area contributed by atoms with Crippen LogP contribution in [0.4, 0.5) is 0 Å². The summed E-state index contributed by atoms with van der Waals surface area (Å²) >= 11 is 1.31. The van der Waals surface area contributed by atoms with Crippen LogP contribution in [0, 0.1) is 6.92 Å². The normalized spacial score (nSPS) is 17.8. The number of rotatable bonds is 15. The van der Waals surface area contributed by atoms with Crippen LogP contribution < -0.4 is 10.0 Å². The van der Waals surface area contributed by atoms with Crippen LogP contribution in [0.25, 0.3) is 0 Å². The van der Waals surface area contributed by atoms with Gasteiger partial charge < -0.3 is 25.0 Å². The second-order valence-corrected chi connectivity index (χ2v) is 15.7. The fourth-order valence-electron chi connectivity index (χ4n) is 5.98. The molecule has 0 spiro atoms. The Morgan fingerprint density at radius 1 is 0.852 bits per heavy atom. The molecule has 2 heterocycles. The van der Waals surface area contributed by atoms with Crippen LogP contribution in [0.3, 0.4) is 0 Å². The highest BCUT2D eigenvalue weighted by Crippen LogP contribution is 2.39. The van der Waals surface area contributed by atoms with Crippen molar-refractivity contribution < 1.29 is 37.7 Å². The number of carbonyl (C=O) groups excluding carboxylic acids is 1. The summed E-state index contributed by atoms with van der Waals surface area (Å²) in [7, 11) is -3.98. The molecular weight excluding hydrogens is 727 g/mol. The van der Waals surface area contributed by atoms with Gasteiger partial charge in [0.1, 0.15) is 11.1 Å². The van der Waals surface area contributed by atoms with Gasteiger partial charge in [-0.25, -0.2) is 18.2 Å². The minimum atomic E-state index is -3.98. The number of aromatic nitrogens is 1. The summed E-state index contributed by atoms with van der Waals surface area (Å²) in [6.45, 7) is 1.95. The zero-order valence-corrected chi connectivity index (χ0v) is 31.1. The zero-order valence-electron chi connectivity index (χ0n) is 29.5. The molecule has 1 amide bonds. The highest BCUT2D eigenvalue weighted by Gasteiger charge is 2.33. The predicted octanol–water partition coefficient (Wildman–Crippen LogP) is 6.12. The van der Waals surface area contributed by atoms with E-state index < -0.39 is 34.2 Å². The second kappa shape index (κ2) is 18.0. The molecular formula is C41H41N3O8S2. The van der Waals surface area contributed by atoms with E-state index in [1.165, 1.54) is 30.0 Å². The summed E-state index contributed by atoms with van der Waals surface area (Å²) in [5.41, 5.74) is 5.08. The molecule has 11 nitrogen and oxygen atoms in total. The van der Waals surface area contributed by atoms with Gasteiger partial charge >= 0.3 is 5.97 Å². The molecule has 5 aromatic rings.